The number of amides is 2. The van der Waals surface area contributed by atoms with E-state index in [1.54, 1.807) is 38.5 Å². The van der Waals surface area contributed by atoms with Gasteiger partial charge in [-0.25, -0.2) is 0 Å². The second-order valence-electron chi connectivity index (χ2n) is 8.44. The van der Waals surface area contributed by atoms with E-state index in [-0.39, 0.29) is 17.2 Å². The van der Waals surface area contributed by atoms with Crippen molar-refractivity contribution >= 4 is 33.8 Å². The zero-order valence-corrected chi connectivity index (χ0v) is 19.9. The van der Waals surface area contributed by atoms with Gasteiger partial charge < -0.3 is 19.3 Å². The minimum absolute atomic E-state index is 0.00696. The van der Waals surface area contributed by atoms with Gasteiger partial charge in [-0.15, -0.1) is 0 Å². The average Bonchev–Trinajstić information content (AvgIpc) is 2.81. The van der Waals surface area contributed by atoms with Crippen LogP contribution in [0.4, 0.5) is 0 Å². The molecule has 0 aromatic heterocycles. The van der Waals surface area contributed by atoms with Crippen molar-refractivity contribution in [1.29, 1.82) is 0 Å². The zero-order chi connectivity index (χ0) is 22.7. The van der Waals surface area contributed by atoms with Gasteiger partial charge in [0.05, 0.1) is 14.2 Å². The van der Waals surface area contributed by atoms with E-state index in [2.05, 4.69) is 15.9 Å². The van der Waals surface area contributed by atoms with Gasteiger partial charge in [-0.2, -0.15) is 0 Å². The van der Waals surface area contributed by atoms with Gasteiger partial charge in [0.1, 0.15) is 0 Å². The molecule has 0 radical (unpaired) electrons. The Hall–Kier alpha value is -2.80. The first-order valence-corrected chi connectivity index (χ1v) is 11.5. The largest absolute Gasteiger partial charge is 0.493 e. The van der Waals surface area contributed by atoms with Crippen LogP contribution in [0.15, 0.2) is 53.0 Å². The summed E-state index contributed by atoms with van der Waals surface area (Å²) in [7, 11) is 3.14. The Labute approximate surface area is 196 Å². The maximum atomic E-state index is 12.9. The van der Waals surface area contributed by atoms with Crippen LogP contribution in [-0.4, -0.2) is 62.0 Å². The molecule has 0 bridgehead atoms. The molecule has 1 spiro atoms. The van der Waals surface area contributed by atoms with Crippen molar-refractivity contribution in [2.45, 2.75) is 12.8 Å². The van der Waals surface area contributed by atoms with E-state index < -0.39 is 0 Å². The van der Waals surface area contributed by atoms with E-state index in [1.165, 1.54) is 0 Å². The normalized spacial score (nSPS) is 17.3. The summed E-state index contributed by atoms with van der Waals surface area (Å²) >= 11 is 3.42. The monoisotopic (exact) mass is 498 g/mol. The quantitative estimate of drug-likeness (QED) is 0.578. The lowest BCUT2D eigenvalue weighted by molar-refractivity contribution is -0.130. The summed E-state index contributed by atoms with van der Waals surface area (Å²) in [5.41, 5.74) is 1.72. The number of hydrogen-bond acceptors (Lipinski definition) is 4. The number of carbonyl (C=O) groups excluding carboxylic acids is 2. The van der Waals surface area contributed by atoms with Crippen molar-refractivity contribution < 1.29 is 19.1 Å². The fraction of sp³-hybridized carbons (Fsp3) is 0.360. The standard InChI is InChI=1S/C25H27BrN2O4/c1-31-21-9-6-19(15-22(21)32-2)24(30)28-16-25(17-28)11-13-27(14-12-25)23(29)10-5-18-3-7-20(26)8-4-18/h3-10,15H,11-14,16-17H2,1-2H3. The minimum Gasteiger partial charge on any atom is -0.493 e. The van der Waals surface area contributed by atoms with Gasteiger partial charge >= 0.3 is 0 Å². The third kappa shape index (κ3) is 4.67. The number of benzene rings is 2. The first kappa shape index (κ1) is 22.4. The Morgan fingerprint density at radius 2 is 1.59 bits per heavy atom. The molecule has 0 N–H and O–H groups in total. The maximum Gasteiger partial charge on any atom is 0.254 e. The Morgan fingerprint density at radius 1 is 0.938 bits per heavy atom. The van der Waals surface area contributed by atoms with Crippen molar-refractivity contribution in [1.82, 2.24) is 9.80 Å². The van der Waals surface area contributed by atoms with Gasteiger partial charge in [0, 0.05) is 47.7 Å². The molecule has 2 saturated heterocycles. The van der Waals surface area contributed by atoms with Crippen LogP contribution in [0.1, 0.15) is 28.8 Å². The van der Waals surface area contributed by atoms with Crippen molar-refractivity contribution in [2.75, 3.05) is 40.4 Å². The number of carbonyl (C=O) groups is 2. The Kier molecular flexibility index (Phi) is 6.55. The smallest absolute Gasteiger partial charge is 0.254 e. The van der Waals surface area contributed by atoms with Gasteiger partial charge in [-0.05, 0) is 54.8 Å². The first-order valence-electron chi connectivity index (χ1n) is 10.7. The number of ether oxygens (including phenoxy) is 2. The second kappa shape index (κ2) is 9.36. The van der Waals surface area contributed by atoms with E-state index >= 15 is 0 Å². The van der Waals surface area contributed by atoms with E-state index in [0.717, 1.165) is 49.1 Å². The molecule has 2 fully saturated rings. The Balaban J connectivity index is 1.29. The van der Waals surface area contributed by atoms with Gasteiger partial charge in [0.15, 0.2) is 11.5 Å². The molecule has 7 heteroatoms. The third-order valence-corrected chi connectivity index (χ3v) is 6.92. The number of piperidine rings is 1. The number of rotatable bonds is 5. The Bertz CT molecular complexity index is 1020. The van der Waals surface area contributed by atoms with E-state index in [1.807, 2.05) is 40.1 Å². The lowest BCUT2D eigenvalue weighted by atomic mass is 9.71. The van der Waals surface area contributed by atoms with Crippen molar-refractivity contribution in [3.05, 3.63) is 64.1 Å². The van der Waals surface area contributed by atoms with Crippen LogP contribution in [-0.2, 0) is 4.79 Å². The molecular formula is C25H27BrN2O4. The van der Waals surface area contributed by atoms with Gasteiger partial charge in [0.2, 0.25) is 5.91 Å². The summed E-state index contributed by atoms with van der Waals surface area (Å²) < 4.78 is 11.6. The minimum atomic E-state index is 0.00696. The molecule has 0 aliphatic carbocycles. The van der Waals surface area contributed by atoms with Crippen LogP contribution in [0, 0.1) is 5.41 Å². The molecule has 2 aromatic rings. The van der Waals surface area contributed by atoms with Gasteiger partial charge in [0.25, 0.3) is 5.91 Å². The molecular weight excluding hydrogens is 472 g/mol. The topological polar surface area (TPSA) is 59.1 Å². The van der Waals surface area contributed by atoms with Crippen molar-refractivity contribution in [2.24, 2.45) is 5.41 Å². The van der Waals surface area contributed by atoms with Crippen molar-refractivity contribution in [3.63, 3.8) is 0 Å². The zero-order valence-electron chi connectivity index (χ0n) is 18.3. The summed E-state index contributed by atoms with van der Waals surface area (Å²) in [6.45, 7) is 2.91. The predicted octanol–water partition coefficient (Wildman–Crippen LogP) is 4.24. The van der Waals surface area contributed by atoms with Gasteiger partial charge in [-0.3, -0.25) is 9.59 Å². The lowest BCUT2D eigenvalue weighted by Crippen LogP contribution is -2.62. The molecule has 6 nitrogen and oxygen atoms in total. The summed E-state index contributed by atoms with van der Waals surface area (Å²) in [5.74, 6) is 1.21. The highest BCUT2D eigenvalue weighted by Gasteiger charge is 2.47. The molecule has 0 saturated carbocycles. The van der Waals surface area contributed by atoms with E-state index in [9.17, 15) is 9.59 Å². The highest BCUT2D eigenvalue weighted by molar-refractivity contribution is 9.10. The number of halogens is 1. The highest BCUT2D eigenvalue weighted by atomic mass is 79.9. The first-order chi connectivity index (χ1) is 15.4. The summed E-state index contributed by atoms with van der Waals surface area (Å²) in [6, 6.07) is 13.1. The van der Waals surface area contributed by atoms with Gasteiger partial charge in [-0.1, -0.05) is 28.1 Å². The second-order valence-corrected chi connectivity index (χ2v) is 9.36. The fourth-order valence-electron chi connectivity index (χ4n) is 4.42. The number of methoxy groups -OCH3 is 2. The Morgan fingerprint density at radius 3 is 2.22 bits per heavy atom. The third-order valence-electron chi connectivity index (χ3n) is 6.39. The average molecular weight is 499 g/mol. The van der Waals surface area contributed by atoms with Crippen molar-refractivity contribution in [3.8, 4) is 11.5 Å². The molecule has 2 amide bonds. The number of hydrogen-bond donors (Lipinski definition) is 0. The maximum absolute atomic E-state index is 12.9. The van der Waals surface area contributed by atoms with Crippen LogP contribution in [0.5, 0.6) is 11.5 Å². The molecule has 32 heavy (non-hydrogen) atoms. The molecule has 0 unspecified atom stereocenters. The molecule has 168 valence electrons. The summed E-state index contributed by atoms with van der Waals surface area (Å²) in [4.78, 5) is 29.2. The van der Waals surface area contributed by atoms with Crippen LogP contribution in [0.2, 0.25) is 0 Å². The van der Waals surface area contributed by atoms with E-state index in [0.29, 0.717) is 17.1 Å². The fourth-order valence-corrected chi connectivity index (χ4v) is 4.69. The van der Waals surface area contributed by atoms with Crippen LogP contribution in [0.3, 0.4) is 0 Å². The van der Waals surface area contributed by atoms with Crippen LogP contribution in [0.25, 0.3) is 6.08 Å². The SMILES string of the molecule is COc1ccc(C(=O)N2CC3(CCN(C(=O)C=Cc4ccc(Br)cc4)CC3)C2)cc1OC. The lowest BCUT2D eigenvalue weighted by Gasteiger charge is -2.53. The molecule has 2 heterocycles. The molecule has 2 aliphatic heterocycles. The molecule has 0 atom stereocenters. The van der Waals surface area contributed by atoms with Crippen LogP contribution < -0.4 is 9.47 Å². The van der Waals surface area contributed by atoms with E-state index in [4.69, 9.17) is 9.47 Å². The summed E-state index contributed by atoms with van der Waals surface area (Å²) in [5, 5.41) is 0. The highest BCUT2D eigenvalue weighted by Crippen LogP contribution is 2.41. The molecule has 4 rings (SSSR count). The van der Waals surface area contributed by atoms with Crippen LogP contribution >= 0.6 is 15.9 Å². The predicted molar refractivity (Wildman–Crippen MR) is 127 cm³/mol. The molecule has 2 aliphatic rings. The number of likely N-dealkylation sites (tertiary alicyclic amines) is 2. The molecule has 2 aromatic carbocycles. The summed E-state index contributed by atoms with van der Waals surface area (Å²) in [6.07, 6.45) is 5.34. The number of nitrogens with zero attached hydrogens (tertiary/aromatic N) is 2.